The summed E-state index contributed by atoms with van der Waals surface area (Å²) >= 11 is 0. The molecule has 0 aromatic heterocycles. The quantitative estimate of drug-likeness (QED) is 0.590. The first kappa shape index (κ1) is 8.12. The number of hydrogen-bond donors (Lipinski definition) is 0. The van der Waals surface area contributed by atoms with E-state index in [1.165, 1.54) is 16.8 Å². The second-order valence-electron chi connectivity index (χ2n) is 3.03. The first-order valence-corrected chi connectivity index (χ1v) is 3.78. The lowest BCUT2D eigenvalue weighted by molar-refractivity contribution is 1.10. The minimum Gasteiger partial charge on any atom is -0.377 e. The Labute approximate surface area is 68.7 Å². The number of rotatable bonds is 1. The fraction of sp³-hybridized carbons (Fsp3) is 0.400. The van der Waals surface area contributed by atoms with Gasteiger partial charge in [-0.1, -0.05) is 12.1 Å². The summed E-state index contributed by atoms with van der Waals surface area (Å²) in [5.74, 6) is 0. The van der Waals surface area contributed by atoms with Crippen molar-refractivity contribution >= 4 is 5.69 Å². The average Bonchev–Trinajstić information content (AvgIpc) is 1.85. The molecule has 0 aliphatic rings. The van der Waals surface area contributed by atoms with Gasteiger partial charge in [-0.15, -0.1) is 0 Å². The third kappa shape index (κ3) is 1.53. The molecule has 0 N–H and O–H groups in total. The lowest BCUT2D eigenvalue weighted by atomic mass is 10.1. The number of anilines is 1. The summed E-state index contributed by atoms with van der Waals surface area (Å²) in [5.41, 5.74) is 3.81. The van der Waals surface area contributed by atoms with Gasteiger partial charge in [0.05, 0.1) is 0 Å². The zero-order valence-electron chi connectivity index (χ0n) is 7.60. The number of nitrogens with zero attached hydrogens (tertiary/aromatic N) is 1. The van der Waals surface area contributed by atoms with Crippen molar-refractivity contribution in [3.8, 4) is 0 Å². The topological polar surface area (TPSA) is 3.24 Å². The van der Waals surface area contributed by atoms with E-state index in [1.807, 2.05) is 6.07 Å². The van der Waals surface area contributed by atoms with Gasteiger partial charge in [-0.2, -0.15) is 0 Å². The van der Waals surface area contributed by atoms with E-state index < -0.39 is 0 Å². The normalized spacial score (nSPS) is 9.82. The second kappa shape index (κ2) is 2.95. The summed E-state index contributed by atoms with van der Waals surface area (Å²) in [6.45, 7) is 4.21. The Morgan fingerprint density at radius 3 is 2.27 bits per heavy atom. The highest BCUT2D eigenvalue weighted by Crippen LogP contribution is 2.21. The van der Waals surface area contributed by atoms with Crippen LogP contribution < -0.4 is 4.90 Å². The van der Waals surface area contributed by atoms with Gasteiger partial charge in [0, 0.05) is 19.8 Å². The molecular weight excluding hydrogens is 134 g/mol. The van der Waals surface area contributed by atoms with Gasteiger partial charge in [0.25, 0.3) is 0 Å². The molecule has 1 aromatic rings. The standard InChI is InChI=1S/C10H14N/c1-8-6-5-7-9(2)10(8)11(3)4/h5-6H,1-4H3. The summed E-state index contributed by atoms with van der Waals surface area (Å²) < 4.78 is 0. The molecular formula is C10H14N. The van der Waals surface area contributed by atoms with E-state index in [-0.39, 0.29) is 0 Å². The molecule has 1 heteroatoms. The molecule has 0 spiro atoms. The molecule has 0 amide bonds. The van der Waals surface area contributed by atoms with Crippen LogP contribution in [0.4, 0.5) is 5.69 Å². The SMILES string of the molecule is Cc1[c]ccc(C)c1N(C)C. The first-order chi connectivity index (χ1) is 5.13. The largest absolute Gasteiger partial charge is 0.377 e. The smallest absolute Gasteiger partial charge is 0.0426 e. The minimum atomic E-state index is 1.22. The lowest BCUT2D eigenvalue weighted by Gasteiger charge is -2.17. The molecule has 0 saturated carbocycles. The van der Waals surface area contributed by atoms with Crippen LogP contribution in [0.3, 0.4) is 0 Å². The van der Waals surface area contributed by atoms with E-state index in [4.69, 9.17) is 0 Å². The van der Waals surface area contributed by atoms with Crippen molar-refractivity contribution in [3.63, 3.8) is 0 Å². The monoisotopic (exact) mass is 148 g/mol. The summed E-state index contributed by atoms with van der Waals surface area (Å²) in [5, 5.41) is 0. The maximum absolute atomic E-state index is 3.18. The molecule has 0 saturated heterocycles. The van der Waals surface area contributed by atoms with Crippen LogP contribution in [0.25, 0.3) is 0 Å². The van der Waals surface area contributed by atoms with Crippen LogP contribution >= 0.6 is 0 Å². The van der Waals surface area contributed by atoms with Gasteiger partial charge in [0.15, 0.2) is 0 Å². The molecule has 0 fully saturated rings. The number of hydrogen-bond acceptors (Lipinski definition) is 1. The maximum Gasteiger partial charge on any atom is 0.0426 e. The Morgan fingerprint density at radius 2 is 1.91 bits per heavy atom. The van der Waals surface area contributed by atoms with E-state index in [1.54, 1.807) is 0 Å². The van der Waals surface area contributed by atoms with E-state index in [2.05, 4.69) is 45.0 Å². The van der Waals surface area contributed by atoms with E-state index in [0.29, 0.717) is 0 Å². The van der Waals surface area contributed by atoms with Gasteiger partial charge in [0.1, 0.15) is 0 Å². The molecule has 0 aliphatic carbocycles. The fourth-order valence-electron chi connectivity index (χ4n) is 1.42. The van der Waals surface area contributed by atoms with Crippen LogP contribution in [0.15, 0.2) is 12.1 Å². The Bertz CT molecular complexity index is 231. The van der Waals surface area contributed by atoms with Crippen molar-refractivity contribution < 1.29 is 0 Å². The van der Waals surface area contributed by atoms with Crippen molar-refractivity contribution in [3.05, 3.63) is 29.3 Å². The van der Waals surface area contributed by atoms with Gasteiger partial charge < -0.3 is 4.90 Å². The Morgan fingerprint density at radius 1 is 1.27 bits per heavy atom. The fourth-order valence-corrected chi connectivity index (χ4v) is 1.42. The molecule has 1 rings (SSSR count). The van der Waals surface area contributed by atoms with Crippen LogP contribution in [0.1, 0.15) is 11.1 Å². The van der Waals surface area contributed by atoms with Gasteiger partial charge in [-0.25, -0.2) is 0 Å². The summed E-state index contributed by atoms with van der Waals surface area (Å²) in [7, 11) is 4.12. The van der Waals surface area contributed by atoms with Gasteiger partial charge in [-0.05, 0) is 31.0 Å². The Balaban J connectivity index is 3.21. The van der Waals surface area contributed by atoms with E-state index in [9.17, 15) is 0 Å². The Hall–Kier alpha value is -0.980. The van der Waals surface area contributed by atoms with Gasteiger partial charge >= 0.3 is 0 Å². The third-order valence-corrected chi connectivity index (χ3v) is 1.81. The maximum atomic E-state index is 3.18. The average molecular weight is 148 g/mol. The highest BCUT2D eigenvalue weighted by molar-refractivity contribution is 5.57. The zero-order chi connectivity index (χ0) is 8.43. The molecule has 0 bridgehead atoms. The molecule has 1 nitrogen and oxygen atoms in total. The first-order valence-electron chi connectivity index (χ1n) is 3.78. The van der Waals surface area contributed by atoms with E-state index in [0.717, 1.165) is 0 Å². The van der Waals surface area contributed by atoms with Crippen molar-refractivity contribution in [2.75, 3.05) is 19.0 Å². The van der Waals surface area contributed by atoms with Crippen LogP contribution in [-0.2, 0) is 0 Å². The van der Waals surface area contributed by atoms with Crippen molar-refractivity contribution in [1.29, 1.82) is 0 Å². The van der Waals surface area contributed by atoms with Crippen molar-refractivity contribution in [1.82, 2.24) is 0 Å². The molecule has 0 aliphatic heterocycles. The van der Waals surface area contributed by atoms with Crippen LogP contribution in [0.5, 0.6) is 0 Å². The zero-order valence-corrected chi connectivity index (χ0v) is 7.60. The summed E-state index contributed by atoms with van der Waals surface area (Å²) in [6, 6.07) is 7.24. The van der Waals surface area contributed by atoms with Crippen LogP contribution in [0.2, 0.25) is 0 Å². The van der Waals surface area contributed by atoms with E-state index >= 15 is 0 Å². The number of benzene rings is 1. The van der Waals surface area contributed by atoms with Crippen LogP contribution in [0, 0.1) is 19.9 Å². The number of aryl methyl sites for hydroxylation is 2. The predicted octanol–water partition coefficient (Wildman–Crippen LogP) is 2.17. The van der Waals surface area contributed by atoms with Crippen molar-refractivity contribution in [2.24, 2.45) is 0 Å². The third-order valence-electron chi connectivity index (χ3n) is 1.81. The highest BCUT2D eigenvalue weighted by atomic mass is 15.1. The molecule has 59 valence electrons. The summed E-state index contributed by atoms with van der Waals surface area (Å²) in [6.07, 6.45) is 0. The minimum absolute atomic E-state index is 1.22. The molecule has 0 unspecified atom stereocenters. The molecule has 11 heavy (non-hydrogen) atoms. The second-order valence-corrected chi connectivity index (χ2v) is 3.03. The predicted molar refractivity (Wildman–Crippen MR) is 49.1 cm³/mol. The molecule has 1 aromatic carbocycles. The molecule has 0 atom stereocenters. The van der Waals surface area contributed by atoms with Crippen LogP contribution in [-0.4, -0.2) is 14.1 Å². The molecule has 1 radical (unpaired) electrons. The van der Waals surface area contributed by atoms with Crippen molar-refractivity contribution in [2.45, 2.75) is 13.8 Å². The molecule has 0 heterocycles. The summed E-state index contributed by atoms with van der Waals surface area (Å²) in [4.78, 5) is 2.13. The Kier molecular flexibility index (Phi) is 2.18. The van der Waals surface area contributed by atoms with Gasteiger partial charge in [0.2, 0.25) is 0 Å². The van der Waals surface area contributed by atoms with Gasteiger partial charge in [-0.3, -0.25) is 0 Å². The highest BCUT2D eigenvalue weighted by Gasteiger charge is 2.02. The lowest BCUT2D eigenvalue weighted by Crippen LogP contribution is -2.11.